The average Bonchev–Trinajstić information content (AvgIpc) is 2.57. The molecule has 1 heterocycles. The van der Waals surface area contributed by atoms with Crippen molar-refractivity contribution in [3.8, 4) is 0 Å². The van der Waals surface area contributed by atoms with Crippen LogP contribution in [0.25, 0.3) is 10.9 Å². The van der Waals surface area contributed by atoms with Crippen LogP contribution >= 0.6 is 0 Å². The van der Waals surface area contributed by atoms with E-state index in [1.165, 1.54) is 23.0 Å². The van der Waals surface area contributed by atoms with Crippen molar-refractivity contribution >= 4 is 10.9 Å². The first kappa shape index (κ1) is 8.36. The minimum atomic E-state index is 1.15. The molecule has 0 saturated carbocycles. The number of H-pyrrole nitrogens is 1. The third-order valence-corrected chi connectivity index (χ3v) is 2.20. The third kappa shape index (κ3) is 1.74. The number of para-hydroxylation sites is 1. The Morgan fingerprint density at radius 1 is 1.31 bits per heavy atom. The van der Waals surface area contributed by atoms with Crippen molar-refractivity contribution in [2.24, 2.45) is 0 Å². The first-order chi connectivity index (χ1) is 6.40. The Hall–Kier alpha value is -1.24. The van der Waals surface area contributed by atoms with Crippen LogP contribution in [0, 0.1) is 6.42 Å². The lowest BCUT2D eigenvalue weighted by Crippen LogP contribution is -1.79. The Kier molecular flexibility index (Phi) is 2.35. The molecule has 0 atom stereocenters. The van der Waals surface area contributed by atoms with Gasteiger partial charge in [0.15, 0.2) is 0 Å². The summed E-state index contributed by atoms with van der Waals surface area (Å²) in [5, 5.41) is 1.30. The van der Waals surface area contributed by atoms with Crippen molar-refractivity contribution < 1.29 is 0 Å². The van der Waals surface area contributed by atoms with E-state index in [4.69, 9.17) is 0 Å². The topological polar surface area (TPSA) is 15.8 Å². The number of aromatic amines is 1. The maximum Gasteiger partial charge on any atom is 0.0456 e. The van der Waals surface area contributed by atoms with Gasteiger partial charge in [-0.3, -0.25) is 0 Å². The highest BCUT2D eigenvalue weighted by atomic mass is 14.7. The number of fused-ring (bicyclic) bond motifs is 1. The summed E-state index contributed by atoms with van der Waals surface area (Å²) in [4.78, 5) is 3.37. The lowest BCUT2D eigenvalue weighted by molar-refractivity contribution is 0.905. The first-order valence-corrected chi connectivity index (χ1v) is 4.81. The molecule has 13 heavy (non-hydrogen) atoms. The second-order valence-electron chi connectivity index (χ2n) is 3.30. The van der Waals surface area contributed by atoms with Gasteiger partial charge in [0.25, 0.3) is 0 Å². The molecule has 0 saturated heterocycles. The number of hydrogen-bond acceptors (Lipinski definition) is 0. The fourth-order valence-electron chi connectivity index (χ4n) is 1.51. The average molecular weight is 172 g/mol. The van der Waals surface area contributed by atoms with E-state index in [-0.39, 0.29) is 0 Å². The van der Waals surface area contributed by atoms with Crippen LogP contribution in [0.15, 0.2) is 30.3 Å². The summed E-state index contributed by atoms with van der Waals surface area (Å²) in [6, 6.07) is 10.6. The summed E-state index contributed by atoms with van der Waals surface area (Å²) in [6.07, 6.45) is 4.60. The predicted molar refractivity (Wildman–Crippen MR) is 56.6 cm³/mol. The van der Waals surface area contributed by atoms with Crippen molar-refractivity contribution in [1.29, 1.82) is 0 Å². The van der Waals surface area contributed by atoms with Crippen LogP contribution < -0.4 is 0 Å². The van der Waals surface area contributed by atoms with Gasteiger partial charge in [0.05, 0.1) is 0 Å². The largest absolute Gasteiger partial charge is 0.358 e. The Morgan fingerprint density at radius 2 is 2.15 bits per heavy atom. The number of rotatable bonds is 3. The van der Waals surface area contributed by atoms with E-state index < -0.39 is 0 Å². The highest BCUT2D eigenvalue weighted by molar-refractivity contribution is 5.80. The molecule has 1 aromatic carbocycles. The van der Waals surface area contributed by atoms with Gasteiger partial charge in [-0.15, -0.1) is 0 Å². The minimum absolute atomic E-state index is 1.15. The number of nitrogens with one attached hydrogen (secondary N) is 1. The van der Waals surface area contributed by atoms with Crippen LogP contribution in [0.2, 0.25) is 0 Å². The van der Waals surface area contributed by atoms with Crippen molar-refractivity contribution in [3.63, 3.8) is 0 Å². The fraction of sp³-hybridized carbons (Fsp3) is 0.250. The molecule has 0 unspecified atom stereocenters. The lowest BCUT2D eigenvalue weighted by atomic mass is 10.2. The summed E-state index contributed by atoms with van der Waals surface area (Å²) in [5.74, 6) is 0. The highest BCUT2D eigenvalue weighted by Crippen LogP contribution is 2.16. The smallest absolute Gasteiger partial charge is 0.0456 e. The van der Waals surface area contributed by atoms with Gasteiger partial charge in [0.1, 0.15) is 0 Å². The molecule has 2 rings (SSSR count). The van der Waals surface area contributed by atoms with E-state index in [1.54, 1.807) is 0 Å². The lowest BCUT2D eigenvalue weighted by Gasteiger charge is -1.91. The van der Waals surface area contributed by atoms with Gasteiger partial charge in [-0.25, -0.2) is 0 Å². The quantitative estimate of drug-likeness (QED) is 0.729. The van der Waals surface area contributed by atoms with Crippen molar-refractivity contribution in [1.82, 2.24) is 4.98 Å². The summed E-state index contributed by atoms with van der Waals surface area (Å²) in [7, 11) is 0. The van der Waals surface area contributed by atoms with Gasteiger partial charge in [-0.2, -0.15) is 0 Å². The summed E-state index contributed by atoms with van der Waals surface area (Å²) >= 11 is 0. The molecule has 1 radical (unpaired) electrons. The Labute approximate surface area is 78.8 Å². The van der Waals surface area contributed by atoms with E-state index in [9.17, 15) is 0 Å². The van der Waals surface area contributed by atoms with Crippen LogP contribution in [0.5, 0.6) is 0 Å². The van der Waals surface area contributed by atoms with E-state index in [0.717, 1.165) is 6.42 Å². The maximum atomic E-state index is 3.37. The van der Waals surface area contributed by atoms with Gasteiger partial charge in [-0.05, 0) is 23.9 Å². The second kappa shape index (κ2) is 3.65. The zero-order valence-corrected chi connectivity index (χ0v) is 7.88. The Balaban J connectivity index is 2.28. The number of unbranched alkanes of at least 4 members (excludes halogenated alkanes) is 1. The van der Waals surface area contributed by atoms with Crippen LogP contribution in [0.4, 0.5) is 0 Å². The number of hydrogen-bond donors (Lipinski definition) is 1. The molecular weight excluding hydrogens is 158 g/mol. The summed E-state index contributed by atoms with van der Waals surface area (Å²) in [5.41, 5.74) is 2.47. The fourth-order valence-corrected chi connectivity index (χ4v) is 1.51. The first-order valence-electron chi connectivity index (χ1n) is 4.81. The molecule has 1 heteroatoms. The molecule has 1 N–H and O–H groups in total. The molecule has 1 aromatic heterocycles. The van der Waals surface area contributed by atoms with Crippen LogP contribution in [0.3, 0.4) is 0 Å². The van der Waals surface area contributed by atoms with Gasteiger partial charge in [0, 0.05) is 17.6 Å². The molecule has 0 bridgehead atoms. The summed E-state index contributed by atoms with van der Waals surface area (Å²) in [6.45, 7) is 2.19. The zero-order valence-electron chi connectivity index (χ0n) is 7.88. The van der Waals surface area contributed by atoms with Crippen molar-refractivity contribution in [2.75, 3.05) is 0 Å². The van der Waals surface area contributed by atoms with Crippen molar-refractivity contribution in [2.45, 2.75) is 19.8 Å². The molecule has 0 spiro atoms. The van der Waals surface area contributed by atoms with E-state index in [0.29, 0.717) is 0 Å². The Morgan fingerprint density at radius 3 is 2.92 bits per heavy atom. The molecule has 0 fully saturated rings. The standard InChI is InChI=1S/C12H14N/c1-2-3-7-11-9-10-6-4-5-8-12(10)13-11/h4-9,13H,2-3H2,1H3. The molecule has 67 valence electrons. The molecule has 2 aromatic rings. The zero-order chi connectivity index (χ0) is 9.10. The van der Waals surface area contributed by atoms with Crippen LogP contribution in [-0.4, -0.2) is 4.98 Å². The molecule has 0 amide bonds. The van der Waals surface area contributed by atoms with Gasteiger partial charge in [0.2, 0.25) is 0 Å². The van der Waals surface area contributed by atoms with Gasteiger partial charge in [-0.1, -0.05) is 31.5 Å². The van der Waals surface area contributed by atoms with Gasteiger partial charge < -0.3 is 4.98 Å². The van der Waals surface area contributed by atoms with Crippen molar-refractivity contribution in [3.05, 3.63) is 42.4 Å². The highest BCUT2D eigenvalue weighted by Gasteiger charge is 1.98. The van der Waals surface area contributed by atoms with Crippen LogP contribution in [-0.2, 0) is 0 Å². The Bertz CT molecular complexity index is 354. The molecule has 0 aliphatic carbocycles. The van der Waals surface area contributed by atoms with Gasteiger partial charge >= 0.3 is 0 Å². The number of aromatic nitrogens is 1. The second-order valence-corrected chi connectivity index (χ2v) is 3.30. The molecular formula is C12H14N. The monoisotopic (exact) mass is 172 g/mol. The molecule has 0 aliphatic rings. The van der Waals surface area contributed by atoms with E-state index in [2.05, 4.69) is 48.7 Å². The summed E-state index contributed by atoms with van der Waals surface area (Å²) < 4.78 is 0. The maximum absolute atomic E-state index is 3.37. The van der Waals surface area contributed by atoms with E-state index in [1.807, 2.05) is 0 Å². The van der Waals surface area contributed by atoms with E-state index >= 15 is 0 Å². The molecule has 0 aliphatic heterocycles. The van der Waals surface area contributed by atoms with Crippen LogP contribution in [0.1, 0.15) is 25.5 Å². The molecule has 1 nitrogen and oxygen atoms in total. The SMILES string of the molecule is CCC[CH]c1cc2ccccc2[nH]1. The number of benzene rings is 1. The normalized spacial score (nSPS) is 10.8. The predicted octanol–water partition coefficient (Wildman–Crippen LogP) is 3.52. The third-order valence-electron chi connectivity index (χ3n) is 2.20. The minimum Gasteiger partial charge on any atom is -0.358 e.